The minimum absolute atomic E-state index is 0.0910. The summed E-state index contributed by atoms with van der Waals surface area (Å²) in [5, 5.41) is 4.35. The molecular formula is C21H28N4S. The van der Waals surface area contributed by atoms with Crippen molar-refractivity contribution >= 4 is 17.3 Å². The SMILES string of the molecule is CC(C)N1C(=S)NC(c2ccccn2)C1c1ccn(C2CCCCC2)c1. The van der Waals surface area contributed by atoms with Gasteiger partial charge in [-0.15, -0.1) is 0 Å². The molecule has 1 N–H and O–H groups in total. The Kier molecular flexibility index (Phi) is 4.98. The van der Waals surface area contributed by atoms with Gasteiger partial charge in [-0.1, -0.05) is 25.3 Å². The Morgan fingerprint density at radius 1 is 1.15 bits per heavy atom. The van der Waals surface area contributed by atoms with E-state index in [1.165, 1.54) is 37.7 Å². The molecule has 26 heavy (non-hydrogen) atoms. The minimum Gasteiger partial charge on any atom is -0.352 e. The highest BCUT2D eigenvalue weighted by molar-refractivity contribution is 7.80. The molecule has 0 aromatic carbocycles. The van der Waals surface area contributed by atoms with Crippen LogP contribution in [0.15, 0.2) is 42.9 Å². The second kappa shape index (κ2) is 7.39. The molecule has 1 aliphatic heterocycles. The number of aromatic nitrogens is 2. The van der Waals surface area contributed by atoms with Crippen molar-refractivity contribution in [3.05, 3.63) is 54.1 Å². The largest absolute Gasteiger partial charge is 0.352 e. The number of thiocarbonyl (C=S) groups is 1. The number of nitrogens with zero attached hydrogens (tertiary/aromatic N) is 3. The Balaban J connectivity index is 1.68. The van der Waals surface area contributed by atoms with Gasteiger partial charge in [-0.2, -0.15) is 0 Å². The predicted molar refractivity (Wildman–Crippen MR) is 109 cm³/mol. The maximum absolute atomic E-state index is 5.68. The molecule has 2 unspecified atom stereocenters. The summed E-state index contributed by atoms with van der Waals surface area (Å²) < 4.78 is 2.43. The molecule has 1 saturated carbocycles. The van der Waals surface area contributed by atoms with Gasteiger partial charge in [0, 0.05) is 30.7 Å². The number of rotatable bonds is 4. The lowest BCUT2D eigenvalue weighted by Crippen LogP contribution is -2.35. The van der Waals surface area contributed by atoms with Crippen molar-refractivity contribution in [3.8, 4) is 0 Å². The summed E-state index contributed by atoms with van der Waals surface area (Å²) in [4.78, 5) is 6.93. The topological polar surface area (TPSA) is 33.1 Å². The number of nitrogens with one attached hydrogen (secondary N) is 1. The van der Waals surface area contributed by atoms with E-state index in [0.29, 0.717) is 12.1 Å². The van der Waals surface area contributed by atoms with Gasteiger partial charge in [-0.05, 0) is 62.7 Å². The summed E-state index contributed by atoms with van der Waals surface area (Å²) in [6.45, 7) is 4.42. The number of pyridine rings is 1. The first-order chi connectivity index (χ1) is 12.6. The van der Waals surface area contributed by atoms with Crippen LogP contribution in [0.25, 0.3) is 0 Å². The molecule has 3 heterocycles. The molecule has 1 saturated heterocycles. The molecule has 1 aliphatic carbocycles. The summed E-state index contributed by atoms with van der Waals surface area (Å²) >= 11 is 5.68. The molecule has 4 nitrogen and oxygen atoms in total. The molecule has 2 aromatic heterocycles. The van der Waals surface area contributed by atoms with Gasteiger partial charge in [-0.25, -0.2) is 0 Å². The van der Waals surface area contributed by atoms with Gasteiger partial charge in [0.1, 0.15) is 0 Å². The zero-order valence-electron chi connectivity index (χ0n) is 15.6. The average molecular weight is 369 g/mol. The summed E-state index contributed by atoms with van der Waals surface area (Å²) in [7, 11) is 0. The Bertz CT molecular complexity index is 748. The highest BCUT2D eigenvalue weighted by Gasteiger charge is 2.41. The Morgan fingerprint density at radius 2 is 1.96 bits per heavy atom. The summed E-state index contributed by atoms with van der Waals surface area (Å²) in [5.74, 6) is 0. The van der Waals surface area contributed by atoms with Crippen molar-refractivity contribution in [3.63, 3.8) is 0 Å². The van der Waals surface area contributed by atoms with Crippen molar-refractivity contribution in [2.24, 2.45) is 0 Å². The fraction of sp³-hybridized carbons (Fsp3) is 0.524. The quantitative estimate of drug-likeness (QED) is 0.788. The molecule has 0 bridgehead atoms. The molecule has 4 rings (SSSR count). The Morgan fingerprint density at radius 3 is 2.65 bits per heavy atom. The van der Waals surface area contributed by atoms with Crippen LogP contribution >= 0.6 is 12.2 Å². The van der Waals surface area contributed by atoms with Crippen LogP contribution in [0.4, 0.5) is 0 Å². The molecule has 0 radical (unpaired) electrons. The van der Waals surface area contributed by atoms with Crippen LogP contribution in [0.2, 0.25) is 0 Å². The van der Waals surface area contributed by atoms with E-state index in [2.05, 4.69) is 64.2 Å². The molecule has 2 atom stereocenters. The molecule has 5 heteroatoms. The lowest BCUT2D eigenvalue weighted by molar-refractivity contribution is 0.269. The van der Waals surface area contributed by atoms with Crippen LogP contribution in [-0.2, 0) is 0 Å². The monoisotopic (exact) mass is 368 g/mol. The minimum atomic E-state index is 0.0910. The highest BCUT2D eigenvalue weighted by Crippen LogP contribution is 2.40. The van der Waals surface area contributed by atoms with Crippen molar-refractivity contribution in [1.29, 1.82) is 0 Å². The van der Waals surface area contributed by atoms with Gasteiger partial charge < -0.3 is 14.8 Å². The van der Waals surface area contributed by atoms with Crippen LogP contribution in [0, 0.1) is 0 Å². The molecule has 138 valence electrons. The zero-order valence-corrected chi connectivity index (χ0v) is 16.5. The van der Waals surface area contributed by atoms with Gasteiger partial charge in [-0.3, -0.25) is 4.98 Å². The van der Waals surface area contributed by atoms with E-state index < -0.39 is 0 Å². The second-order valence-electron chi connectivity index (χ2n) is 7.81. The average Bonchev–Trinajstić information content (AvgIpc) is 3.27. The Hall–Kier alpha value is -1.88. The van der Waals surface area contributed by atoms with Crippen LogP contribution < -0.4 is 5.32 Å². The lowest BCUT2D eigenvalue weighted by atomic mass is 9.95. The predicted octanol–water partition coefficient (Wildman–Crippen LogP) is 4.77. The van der Waals surface area contributed by atoms with E-state index in [1.54, 1.807) is 0 Å². The third-order valence-corrected chi connectivity index (χ3v) is 6.10. The van der Waals surface area contributed by atoms with Gasteiger partial charge in [0.05, 0.1) is 17.8 Å². The van der Waals surface area contributed by atoms with E-state index in [0.717, 1.165) is 10.8 Å². The fourth-order valence-corrected chi connectivity index (χ4v) is 4.94. The summed E-state index contributed by atoms with van der Waals surface area (Å²) in [6, 6.07) is 9.65. The van der Waals surface area contributed by atoms with E-state index in [1.807, 2.05) is 12.3 Å². The molecule has 0 amide bonds. The molecule has 2 aliphatic rings. The molecule has 2 aromatic rings. The zero-order chi connectivity index (χ0) is 18.1. The van der Waals surface area contributed by atoms with E-state index >= 15 is 0 Å². The van der Waals surface area contributed by atoms with E-state index in [-0.39, 0.29) is 12.1 Å². The van der Waals surface area contributed by atoms with Gasteiger partial charge in [0.25, 0.3) is 0 Å². The normalized spacial score (nSPS) is 24.3. The van der Waals surface area contributed by atoms with Gasteiger partial charge >= 0.3 is 0 Å². The third-order valence-electron chi connectivity index (χ3n) is 5.77. The first kappa shape index (κ1) is 17.5. The van der Waals surface area contributed by atoms with Gasteiger partial charge in [0.2, 0.25) is 0 Å². The van der Waals surface area contributed by atoms with Gasteiger partial charge in [0.15, 0.2) is 5.11 Å². The van der Waals surface area contributed by atoms with Crippen LogP contribution in [0.1, 0.15) is 75.3 Å². The molecule has 0 spiro atoms. The van der Waals surface area contributed by atoms with Crippen molar-refractivity contribution in [2.45, 2.75) is 70.1 Å². The van der Waals surface area contributed by atoms with Crippen LogP contribution in [-0.4, -0.2) is 25.6 Å². The van der Waals surface area contributed by atoms with Crippen molar-refractivity contribution in [2.75, 3.05) is 0 Å². The fourth-order valence-electron chi connectivity index (χ4n) is 4.49. The molecule has 2 fully saturated rings. The number of hydrogen-bond acceptors (Lipinski definition) is 2. The standard InChI is InChI=1S/C21H28N4S/c1-15(2)25-20(19(23-21(25)26)18-10-6-7-12-22-18)16-11-13-24(14-16)17-8-4-3-5-9-17/h6-7,10-15,17,19-20H,3-5,8-9H2,1-2H3,(H,23,26). The molecular weight excluding hydrogens is 340 g/mol. The summed E-state index contributed by atoms with van der Waals surface area (Å²) in [5.41, 5.74) is 2.38. The second-order valence-corrected chi connectivity index (χ2v) is 8.20. The van der Waals surface area contributed by atoms with Crippen LogP contribution in [0.5, 0.6) is 0 Å². The highest BCUT2D eigenvalue weighted by atomic mass is 32.1. The maximum atomic E-state index is 5.68. The van der Waals surface area contributed by atoms with E-state index in [4.69, 9.17) is 12.2 Å². The van der Waals surface area contributed by atoms with Crippen molar-refractivity contribution < 1.29 is 0 Å². The Labute approximate surface area is 161 Å². The summed E-state index contributed by atoms with van der Waals surface area (Å²) in [6.07, 6.45) is 13.2. The van der Waals surface area contributed by atoms with E-state index in [9.17, 15) is 0 Å². The number of hydrogen-bond donors (Lipinski definition) is 1. The maximum Gasteiger partial charge on any atom is 0.170 e. The van der Waals surface area contributed by atoms with Crippen molar-refractivity contribution in [1.82, 2.24) is 19.8 Å². The van der Waals surface area contributed by atoms with Crippen LogP contribution in [0.3, 0.4) is 0 Å². The first-order valence-electron chi connectivity index (χ1n) is 9.82. The lowest BCUT2D eigenvalue weighted by Gasteiger charge is -2.30. The first-order valence-corrected chi connectivity index (χ1v) is 10.2. The smallest absolute Gasteiger partial charge is 0.170 e. The third kappa shape index (κ3) is 3.25.